The van der Waals surface area contributed by atoms with E-state index in [1.54, 1.807) is 0 Å². The Labute approximate surface area is 125 Å². The summed E-state index contributed by atoms with van der Waals surface area (Å²) >= 11 is 0. The van der Waals surface area contributed by atoms with Crippen molar-refractivity contribution in [2.24, 2.45) is 11.8 Å². The molecule has 0 unspecified atom stereocenters. The van der Waals surface area contributed by atoms with E-state index in [-0.39, 0.29) is 5.56 Å². The van der Waals surface area contributed by atoms with Crippen molar-refractivity contribution in [1.29, 1.82) is 0 Å². The minimum Gasteiger partial charge on any atom is -0.385 e. The zero-order chi connectivity index (χ0) is 15.6. The number of rotatable bonds is 4. The number of hydrogen-bond donors (Lipinski definition) is 2. The van der Waals surface area contributed by atoms with Gasteiger partial charge in [-0.3, -0.25) is 19.2 Å². The van der Waals surface area contributed by atoms with Crippen molar-refractivity contribution in [1.82, 2.24) is 14.5 Å². The second-order valence-corrected chi connectivity index (χ2v) is 6.59. The molecule has 21 heavy (non-hydrogen) atoms. The van der Waals surface area contributed by atoms with Crippen LogP contribution < -0.4 is 17.0 Å². The maximum absolute atomic E-state index is 12.1. The van der Waals surface area contributed by atoms with Crippen LogP contribution in [0.4, 0.5) is 5.82 Å². The van der Waals surface area contributed by atoms with Gasteiger partial charge in [0.05, 0.1) is 5.56 Å². The van der Waals surface area contributed by atoms with E-state index in [4.69, 9.17) is 5.73 Å². The van der Waals surface area contributed by atoms with Crippen LogP contribution >= 0.6 is 0 Å². The van der Waals surface area contributed by atoms with Crippen LogP contribution in [0.1, 0.15) is 39.2 Å². The second kappa shape index (κ2) is 6.47. The monoisotopic (exact) mass is 294 g/mol. The molecule has 0 spiro atoms. The van der Waals surface area contributed by atoms with Gasteiger partial charge < -0.3 is 5.73 Å². The zero-order valence-electron chi connectivity index (χ0n) is 13.2. The molecule has 1 saturated heterocycles. The minimum atomic E-state index is -0.415. The predicted molar refractivity (Wildman–Crippen MR) is 84.2 cm³/mol. The summed E-state index contributed by atoms with van der Waals surface area (Å²) in [4.78, 5) is 28.6. The minimum absolute atomic E-state index is 0.291. The number of nitrogens with zero attached hydrogens (tertiary/aromatic N) is 2. The molecule has 0 aliphatic carbocycles. The number of nitrogens with two attached hydrogens (primary N) is 1. The quantitative estimate of drug-likeness (QED) is 0.868. The highest BCUT2D eigenvalue weighted by molar-refractivity contribution is 5.38. The van der Waals surface area contributed by atoms with Gasteiger partial charge >= 0.3 is 5.69 Å². The molecule has 1 fully saturated rings. The molecule has 6 heteroatoms. The number of nitrogen functional groups attached to an aromatic ring is 1. The van der Waals surface area contributed by atoms with Crippen molar-refractivity contribution < 1.29 is 0 Å². The van der Waals surface area contributed by atoms with E-state index in [2.05, 4.69) is 16.8 Å². The Bertz CT molecular complexity index is 595. The summed E-state index contributed by atoms with van der Waals surface area (Å²) in [7, 11) is 0. The fourth-order valence-corrected chi connectivity index (χ4v) is 2.77. The Morgan fingerprint density at radius 3 is 2.48 bits per heavy atom. The number of hydrogen-bond acceptors (Lipinski definition) is 4. The molecular formula is C15H26N4O2. The lowest BCUT2D eigenvalue weighted by Gasteiger charge is -2.30. The highest BCUT2D eigenvalue weighted by Gasteiger charge is 2.20. The van der Waals surface area contributed by atoms with Gasteiger partial charge in [0.25, 0.3) is 5.56 Å². The molecule has 2 rings (SSSR count). The van der Waals surface area contributed by atoms with E-state index in [0.717, 1.165) is 31.8 Å². The molecule has 0 atom stereocenters. The molecule has 0 saturated carbocycles. The third-order valence-electron chi connectivity index (χ3n) is 4.15. The van der Waals surface area contributed by atoms with Gasteiger partial charge in [-0.05, 0) is 37.8 Å². The maximum atomic E-state index is 12.1. The van der Waals surface area contributed by atoms with E-state index in [0.29, 0.717) is 30.4 Å². The third-order valence-corrected chi connectivity index (χ3v) is 4.15. The molecule has 0 amide bonds. The molecule has 0 bridgehead atoms. The molecule has 118 valence electrons. The van der Waals surface area contributed by atoms with Crippen LogP contribution in [0.5, 0.6) is 0 Å². The van der Waals surface area contributed by atoms with Crippen molar-refractivity contribution in [3.05, 3.63) is 26.4 Å². The van der Waals surface area contributed by atoms with Crippen LogP contribution in [0, 0.1) is 11.8 Å². The van der Waals surface area contributed by atoms with Crippen LogP contribution in [0.25, 0.3) is 0 Å². The van der Waals surface area contributed by atoms with E-state index in [1.165, 1.54) is 4.57 Å². The summed E-state index contributed by atoms with van der Waals surface area (Å²) in [5.41, 5.74) is 5.85. The van der Waals surface area contributed by atoms with Gasteiger partial charge in [0, 0.05) is 13.1 Å². The molecule has 1 aromatic rings. The molecule has 1 aromatic heterocycles. The topological polar surface area (TPSA) is 84.1 Å². The smallest absolute Gasteiger partial charge is 0.329 e. The van der Waals surface area contributed by atoms with Crippen molar-refractivity contribution in [2.45, 2.75) is 46.7 Å². The first-order valence-electron chi connectivity index (χ1n) is 7.72. The molecule has 2 heterocycles. The number of H-pyrrole nitrogens is 1. The summed E-state index contributed by atoms with van der Waals surface area (Å²) in [5, 5.41) is 0. The van der Waals surface area contributed by atoms with E-state index in [1.807, 2.05) is 13.8 Å². The van der Waals surface area contributed by atoms with Crippen LogP contribution in [0.2, 0.25) is 0 Å². The molecule has 0 aromatic carbocycles. The summed E-state index contributed by atoms with van der Waals surface area (Å²) < 4.78 is 1.48. The number of aromatic amines is 1. The number of aromatic nitrogens is 2. The first kappa shape index (κ1) is 15.8. The van der Waals surface area contributed by atoms with Crippen molar-refractivity contribution in [3.8, 4) is 0 Å². The first-order chi connectivity index (χ1) is 9.88. The molecule has 1 aliphatic rings. The zero-order valence-corrected chi connectivity index (χ0v) is 13.2. The Kier molecular flexibility index (Phi) is 4.88. The van der Waals surface area contributed by atoms with Gasteiger partial charge in [0.1, 0.15) is 5.82 Å². The van der Waals surface area contributed by atoms with Gasteiger partial charge in [-0.15, -0.1) is 0 Å². The standard InChI is InChI=1S/C15H26N4O2/c1-10(2)8-19-13(16)12(14(20)17-15(19)21)9-18-6-4-11(3)5-7-18/h10-11H,4-9,16H2,1-3H3,(H,17,20,21). The number of piperidine rings is 1. The molecule has 1 aliphatic heterocycles. The SMILES string of the molecule is CC(C)Cn1c(N)c(CN2CCC(C)CC2)c(=O)[nH]c1=O. The largest absolute Gasteiger partial charge is 0.385 e. The lowest BCUT2D eigenvalue weighted by molar-refractivity contribution is 0.184. The fourth-order valence-electron chi connectivity index (χ4n) is 2.77. The Hall–Kier alpha value is -1.56. The highest BCUT2D eigenvalue weighted by Crippen LogP contribution is 2.18. The van der Waals surface area contributed by atoms with Crippen molar-refractivity contribution >= 4 is 5.82 Å². The van der Waals surface area contributed by atoms with E-state index >= 15 is 0 Å². The Balaban J connectivity index is 2.26. The van der Waals surface area contributed by atoms with Gasteiger partial charge in [-0.2, -0.15) is 0 Å². The predicted octanol–water partition coefficient (Wildman–Crippen LogP) is 1.01. The van der Waals surface area contributed by atoms with Crippen molar-refractivity contribution in [2.75, 3.05) is 18.8 Å². The molecule has 6 nitrogen and oxygen atoms in total. The average molecular weight is 294 g/mol. The van der Waals surface area contributed by atoms with E-state index < -0.39 is 5.69 Å². The first-order valence-corrected chi connectivity index (χ1v) is 7.72. The lowest BCUT2D eigenvalue weighted by Crippen LogP contribution is -2.39. The Morgan fingerprint density at radius 1 is 1.29 bits per heavy atom. The number of likely N-dealkylation sites (tertiary alicyclic amines) is 1. The van der Waals surface area contributed by atoms with Crippen LogP contribution in [0.3, 0.4) is 0 Å². The number of anilines is 1. The van der Waals surface area contributed by atoms with Gasteiger partial charge in [-0.1, -0.05) is 20.8 Å². The fraction of sp³-hybridized carbons (Fsp3) is 0.733. The van der Waals surface area contributed by atoms with Gasteiger partial charge in [0.2, 0.25) is 0 Å². The maximum Gasteiger partial charge on any atom is 0.329 e. The Morgan fingerprint density at radius 2 is 1.90 bits per heavy atom. The summed E-state index contributed by atoms with van der Waals surface area (Å²) in [6.07, 6.45) is 2.28. The summed E-state index contributed by atoms with van der Waals surface area (Å²) in [5.74, 6) is 1.35. The third kappa shape index (κ3) is 3.75. The van der Waals surface area contributed by atoms with Crippen LogP contribution in [-0.2, 0) is 13.1 Å². The number of nitrogens with one attached hydrogen (secondary N) is 1. The van der Waals surface area contributed by atoms with Crippen LogP contribution in [-0.4, -0.2) is 27.5 Å². The van der Waals surface area contributed by atoms with Gasteiger partial charge in [0.15, 0.2) is 0 Å². The normalized spacial score (nSPS) is 17.5. The molecular weight excluding hydrogens is 268 g/mol. The second-order valence-electron chi connectivity index (χ2n) is 6.59. The van der Waals surface area contributed by atoms with Crippen LogP contribution in [0.15, 0.2) is 9.59 Å². The lowest BCUT2D eigenvalue weighted by atomic mass is 9.99. The summed E-state index contributed by atoms with van der Waals surface area (Å²) in [6.45, 7) is 9.27. The van der Waals surface area contributed by atoms with E-state index in [9.17, 15) is 9.59 Å². The van der Waals surface area contributed by atoms with Gasteiger partial charge in [-0.25, -0.2) is 4.79 Å². The van der Waals surface area contributed by atoms with Crippen molar-refractivity contribution in [3.63, 3.8) is 0 Å². The average Bonchev–Trinajstić information content (AvgIpc) is 2.41. The highest BCUT2D eigenvalue weighted by atomic mass is 16.2. The molecule has 3 N–H and O–H groups in total. The molecule has 0 radical (unpaired) electrons. The summed E-state index contributed by atoms with van der Waals surface area (Å²) in [6, 6.07) is 0.